The molecule has 1 heterocycles. The molecule has 1 fully saturated rings. The largest absolute Gasteiger partial charge is 0.338 e. The number of benzene rings is 1. The van der Waals surface area contributed by atoms with Gasteiger partial charge in [-0.05, 0) is 31.4 Å². The van der Waals surface area contributed by atoms with Gasteiger partial charge in [-0.1, -0.05) is 30.8 Å². The van der Waals surface area contributed by atoms with Crippen molar-refractivity contribution >= 4 is 23.7 Å². The van der Waals surface area contributed by atoms with Crippen LogP contribution in [0.1, 0.15) is 32.2 Å². The fourth-order valence-corrected chi connectivity index (χ4v) is 3.24. The lowest BCUT2D eigenvalue weighted by Gasteiger charge is -2.09. The van der Waals surface area contributed by atoms with E-state index in [4.69, 9.17) is 0 Å². The van der Waals surface area contributed by atoms with Crippen LogP contribution in [-0.2, 0) is 4.79 Å². The quantitative estimate of drug-likeness (QED) is 0.725. The molecule has 0 bridgehead atoms. The van der Waals surface area contributed by atoms with Crippen LogP contribution in [0.2, 0.25) is 0 Å². The number of urea groups is 1. The fourth-order valence-electron chi connectivity index (χ4n) is 2.44. The van der Waals surface area contributed by atoms with Gasteiger partial charge in [0.25, 0.3) is 0 Å². The van der Waals surface area contributed by atoms with Gasteiger partial charge in [0.2, 0.25) is 5.91 Å². The molecule has 9 heteroatoms. The maximum Gasteiger partial charge on any atom is 0.321 e. The van der Waals surface area contributed by atoms with Gasteiger partial charge in [0.05, 0.1) is 11.3 Å². The average molecular weight is 377 g/mol. The van der Waals surface area contributed by atoms with Gasteiger partial charge >= 0.3 is 6.03 Å². The third kappa shape index (κ3) is 4.40. The van der Waals surface area contributed by atoms with E-state index in [0.29, 0.717) is 23.1 Å². The Labute approximate surface area is 154 Å². The van der Waals surface area contributed by atoms with Gasteiger partial charge in [0.1, 0.15) is 5.82 Å². The number of hydrogen-bond acceptors (Lipinski definition) is 5. The standard InChI is InChI=1S/C17H20FN5O2S/c1-2-9-19-16(25)20-14(24)10-26-17-22-21-15(23(17)11-7-8-11)12-5-3-4-6-13(12)18/h3-6,11H,2,7-10H2,1H3,(H2,19,20,24,25). The van der Waals surface area contributed by atoms with Crippen LogP contribution in [0.5, 0.6) is 0 Å². The summed E-state index contributed by atoms with van der Waals surface area (Å²) in [5, 5.41) is 13.7. The molecule has 1 aliphatic carbocycles. The van der Waals surface area contributed by atoms with E-state index in [9.17, 15) is 14.0 Å². The van der Waals surface area contributed by atoms with Gasteiger partial charge in [-0.2, -0.15) is 0 Å². The summed E-state index contributed by atoms with van der Waals surface area (Å²) in [5.74, 6) is -0.277. The van der Waals surface area contributed by atoms with E-state index < -0.39 is 11.9 Å². The molecule has 3 rings (SSSR count). The minimum absolute atomic E-state index is 0.0294. The molecule has 0 atom stereocenters. The number of nitrogens with one attached hydrogen (secondary N) is 2. The molecule has 1 aliphatic rings. The van der Waals surface area contributed by atoms with Gasteiger partial charge in [-0.15, -0.1) is 10.2 Å². The maximum absolute atomic E-state index is 14.1. The molecule has 7 nitrogen and oxygen atoms in total. The molecule has 1 saturated carbocycles. The van der Waals surface area contributed by atoms with E-state index in [0.717, 1.165) is 19.3 Å². The van der Waals surface area contributed by atoms with E-state index in [1.54, 1.807) is 18.2 Å². The van der Waals surface area contributed by atoms with Gasteiger partial charge in [-0.3, -0.25) is 14.7 Å². The van der Waals surface area contributed by atoms with Crippen molar-refractivity contribution in [3.8, 4) is 11.4 Å². The number of aromatic nitrogens is 3. The first-order valence-electron chi connectivity index (χ1n) is 8.50. The minimum atomic E-state index is -0.506. The SMILES string of the molecule is CCCNC(=O)NC(=O)CSc1nnc(-c2ccccc2F)n1C1CC1. The molecule has 0 aliphatic heterocycles. The third-order valence-electron chi connectivity index (χ3n) is 3.81. The highest BCUT2D eigenvalue weighted by Crippen LogP contribution is 2.41. The van der Waals surface area contributed by atoms with Crippen molar-refractivity contribution in [3.63, 3.8) is 0 Å². The van der Waals surface area contributed by atoms with Crippen LogP contribution < -0.4 is 10.6 Å². The van der Waals surface area contributed by atoms with E-state index in [1.807, 2.05) is 11.5 Å². The second kappa shape index (κ2) is 8.31. The van der Waals surface area contributed by atoms with Crippen molar-refractivity contribution in [2.24, 2.45) is 0 Å². The maximum atomic E-state index is 14.1. The van der Waals surface area contributed by atoms with Crippen molar-refractivity contribution in [2.45, 2.75) is 37.4 Å². The summed E-state index contributed by atoms with van der Waals surface area (Å²) in [5.41, 5.74) is 0.391. The number of carbonyl (C=O) groups is 2. The number of halogens is 1. The molecule has 3 amide bonds. The Kier molecular flexibility index (Phi) is 5.87. The topological polar surface area (TPSA) is 88.9 Å². The number of rotatable bonds is 7. The molecular weight excluding hydrogens is 357 g/mol. The summed E-state index contributed by atoms with van der Waals surface area (Å²) in [4.78, 5) is 23.4. The lowest BCUT2D eigenvalue weighted by Crippen LogP contribution is -2.40. The van der Waals surface area contributed by atoms with Crippen molar-refractivity contribution in [3.05, 3.63) is 30.1 Å². The number of amides is 3. The normalized spacial score (nSPS) is 13.5. The van der Waals surface area contributed by atoms with Gasteiger partial charge in [0.15, 0.2) is 11.0 Å². The van der Waals surface area contributed by atoms with Crippen LogP contribution in [-0.4, -0.2) is 39.0 Å². The Bertz CT molecular complexity index is 806. The van der Waals surface area contributed by atoms with Crippen molar-refractivity contribution < 1.29 is 14.0 Å². The summed E-state index contributed by atoms with van der Waals surface area (Å²) in [6.45, 7) is 2.43. The predicted octanol–water partition coefficient (Wildman–Crippen LogP) is 2.75. The zero-order valence-electron chi connectivity index (χ0n) is 14.4. The molecule has 0 spiro atoms. The molecule has 2 N–H and O–H groups in total. The molecule has 1 aromatic carbocycles. The van der Waals surface area contributed by atoms with Crippen molar-refractivity contribution in [1.82, 2.24) is 25.4 Å². The summed E-state index contributed by atoms with van der Waals surface area (Å²) in [6, 6.07) is 6.14. The summed E-state index contributed by atoms with van der Waals surface area (Å²) in [6.07, 6.45) is 2.73. The smallest absolute Gasteiger partial charge is 0.321 e. The highest BCUT2D eigenvalue weighted by atomic mass is 32.2. The lowest BCUT2D eigenvalue weighted by atomic mass is 10.2. The van der Waals surface area contributed by atoms with Gasteiger partial charge in [0, 0.05) is 12.6 Å². The Morgan fingerprint density at radius 1 is 1.31 bits per heavy atom. The molecule has 0 saturated heterocycles. The van der Waals surface area contributed by atoms with Crippen molar-refractivity contribution in [1.29, 1.82) is 0 Å². The predicted molar refractivity (Wildman–Crippen MR) is 96.2 cm³/mol. The Balaban J connectivity index is 1.69. The first-order valence-corrected chi connectivity index (χ1v) is 9.49. The summed E-state index contributed by atoms with van der Waals surface area (Å²) >= 11 is 1.19. The highest BCUT2D eigenvalue weighted by molar-refractivity contribution is 7.99. The van der Waals surface area contributed by atoms with E-state index in [1.165, 1.54) is 17.8 Å². The van der Waals surface area contributed by atoms with Gasteiger partial charge < -0.3 is 5.32 Å². The summed E-state index contributed by atoms with van der Waals surface area (Å²) in [7, 11) is 0. The first-order chi connectivity index (χ1) is 12.6. The van der Waals surface area contributed by atoms with Crippen LogP contribution in [0.15, 0.2) is 29.4 Å². The van der Waals surface area contributed by atoms with Gasteiger partial charge in [-0.25, -0.2) is 9.18 Å². The average Bonchev–Trinajstić information content (AvgIpc) is 3.38. The monoisotopic (exact) mass is 377 g/mol. The van der Waals surface area contributed by atoms with E-state index in [-0.39, 0.29) is 17.6 Å². The van der Waals surface area contributed by atoms with Crippen LogP contribution in [0.25, 0.3) is 11.4 Å². The van der Waals surface area contributed by atoms with Crippen LogP contribution in [0, 0.1) is 5.82 Å². The molecule has 0 unspecified atom stereocenters. The Morgan fingerprint density at radius 2 is 2.08 bits per heavy atom. The van der Waals surface area contributed by atoms with Crippen LogP contribution >= 0.6 is 11.8 Å². The number of hydrogen-bond donors (Lipinski definition) is 2. The second-order valence-electron chi connectivity index (χ2n) is 5.98. The number of nitrogens with zero attached hydrogens (tertiary/aromatic N) is 3. The molecular formula is C17H20FN5O2S. The summed E-state index contributed by atoms with van der Waals surface area (Å²) < 4.78 is 16.0. The fraction of sp³-hybridized carbons (Fsp3) is 0.412. The molecule has 26 heavy (non-hydrogen) atoms. The van der Waals surface area contributed by atoms with E-state index in [2.05, 4.69) is 20.8 Å². The second-order valence-corrected chi connectivity index (χ2v) is 6.92. The Hall–Kier alpha value is -2.42. The van der Waals surface area contributed by atoms with Crippen LogP contribution in [0.4, 0.5) is 9.18 Å². The zero-order valence-corrected chi connectivity index (χ0v) is 15.2. The lowest BCUT2D eigenvalue weighted by molar-refractivity contribution is -0.117. The first kappa shape index (κ1) is 18.4. The highest BCUT2D eigenvalue weighted by Gasteiger charge is 2.31. The third-order valence-corrected chi connectivity index (χ3v) is 4.76. The molecule has 138 valence electrons. The molecule has 2 aromatic rings. The minimum Gasteiger partial charge on any atom is -0.338 e. The van der Waals surface area contributed by atoms with Crippen molar-refractivity contribution in [2.75, 3.05) is 12.3 Å². The molecule has 1 aromatic heterocycles. The zero-order chi connectivity index (χ0) is 18.5. The number of thioether (sulfide) groups is 1. The molecule has 0 radical (unpaired) electrons. The number of carbonyl (C=O) groups excluding carboxylic acids is 2. The number of imide groups is 1. The Morgan fingerprint density at radius 3 is 2.77 bits per heavy atom. The van der Waals surface area contributed by atoms with E-state index >= 15 is 0 Å². The van der Waals surface area contributed by atoms with Crippen LogP contribution in [0.3, 0.4) is 0 Å².